The van der Waals surface area contributed by atoms with Gasteiger partial charge in [-0.05, 0) is 25.0 Å². The maximum Gasteiger partial charge on any atom is 0.240 e. The van der Waals surface area contributed by atoms with Gasteiger partial charge < -0.3 is 9.30 Å². The Labute approximate surface area is 117 Å². The van der Waals surface area contributed by atoms with Crippen molar-refractivity contribution in [2.45, 2.75) is 24.3 Å². The summed E-state index contributed by atoms with van der Waals surface area (Å²) >= 11 is 0. The Morgan fingerprint density at radius 2 is 2.10 bits per heavy atom. The molecule has 0 unspecified atom stereocenters. The molecule has 0 radical (unpaired) electrons. The lowest BCUT2D eigenvalue weighted by molar-refractivity contribution is 0.191. The molecule has 0 aliphatic heterocycles. The van der Waals surface area contributed by atoms with Crippen LogP contribution in [0.5, 0.6) is 0 Å². The first-order valence-electron chi connectivity index (χ1n) is 6.24. The van der Waals surface area contributed by atoms with Crippen LogP contribution in [0.1, 0.15) is 12.8 Å². The number of aryl methyl sites for hydroxylation is 1. The number of nitrogens with two attached hydrogens (primary N) is 1. The highest BCUT2D eigenvalue weighted by atomic mass is 32.2. The van der Waals surface area contributed by atoms with Crippen LogP contribution in [0.2, 0.25) is 0 Å². The van der Waals surface area contributed by atoms with E-state index in [-0.39, 0.29) is 10.3 Å². The highest BCUT2D eigenvalue weighted by Crippen LogP contribution is 2.27. The minimum absolute atomic E-state index is 0.0572. The fraction of sp³-hybridized carbons (Fsp3) is 0.385. The number of sulfonamides is 1. The number of fused-ring (bicyclic) bond motifs is 1. The molecule has 0 amide bonds. The Bertz CT molecular complexity index is 710. The summed E-state index contributed by atoms with van der Waals surface area (Å²) in [7, 11) is -2.33. The number of aromatic nitrogens is 1. The highest BCUT2D eigenvalue weighted by Gasteiger charge is 2.19. The van der Waals surface area contributed by atoms with Gasteiger partial charge in [-0.15, -0.1) is 0 Å². The number of benzene rings is 1. The Hall–Kier alpha value is -1.44. The van der Waals surface area contributed by atoms with E-state index in [0.717, 1.165) is 12.8 Å². The molecule has 1 aromatic carbocycles. The summed E-state index contributed by atoms with van der Waals surface area (Å²) in [5.41, 5.74) is 0.534. The zero-order valence-corrected chi connectivity index (χ0v) is 12.0. The molecule has 0 saturated carbocycles. The van der Waals surface area contributed by atoms with Crippen molar-refractivity contribution in [1.29, 1.82) is 0 Å². The van der Waals surface area contributed by atoms with E-state index in [1.54, 1.807) is 23.8 Å². The molecule has 0 aliphatic carbocycles. The number of rotatable bonds is 6. The van der Waals surface area contributed by atoms with Crippen LogP contribution in [0.3, 0.4) is 0 Å². The zero-order chi connectivity index (χ0) is 14.8. The largest absolute Gasteiger partial charge is 0.385 e. The predicted octanol–water partition coefficient (Wildman–Crippen LogP) is 1.85. The van der Waals surface area contributed by atoms with E-state index in [2.05, 4.69) is 0 Å². The van der Waals surface area contributed by atoms with Crippen LogP contribution in [0.4, 0.5) is 4.39 Å². The van der Waals surface area contributed by atoms with Gasteiger partial charge in [0.25, 0.3) is 0 Å². The van der Waals surface area contributed by atoms with Crippen molar-refractivity contribution in [1.82, 2.24) is 4.57 Å². The molecule has 0 saturated heterocycles. The number of hydrogen-bond acceptors (Lipinski definition) is 3. The molecule has 0 spiro atoms. The normalized spacial score (nSPS) is 12.2. The topological polar surface area (TPSA) is 74.3 Å². The lowest BCUT2D eigenvalue weighted by Gasteiger charge is -2.04. The van der Waals surface area contributed by atoms with Gasteiger partial charge in [0.15, 0.2) is 0 Å². The molecule has 5 nitrogen and oxygen atoms in total. The van der Waals surface area contributed by atoms with Gasteiger partial charge in [-0.2, -0.15) is 0 Å². The van der Waals surface area contributed by atoms with Gasteiger partial charge in [0.2, 0.25) is 10.0 Å². The first-order valence-corrected chi connectivity index (χ1v) is 7.79. The smallest absolute Gasteiger partial charge is 0.240 e. The minimum atomic E-state index is -3.95. The molecule has 20 heavy (non-hydrogen) atoms. The van der Waals surface area contributed by atoms with Gasteiger partial charge in [-0.3, -0.25) is 0 Å². The molecule has 2 N–H and O–H groups in total. The Balaban J connectivity index is 2.44. The van der Waals surface area contributed by atoms with Crippen molar-refractivity contribution in [2.75, 3.05) is 13.7 Å². The zero-order valence-electron chi connectivity index (χ0n) is 11.2. The van der Waals surface area contributed by atoms with Crippen molar-refractivity contribution in [3.63, 3.8) is 0 Å². The Morgan fingerprint density at radius 1 is 1.35 bits per heavy atom. The maximum absolute atomic E-state index is 13.9. The lowest BCUT2D eigenvalue weighted by Crippen LogP contribution is -2.12. The fourth-order valence-electron chi connectivity index (χ4n) is 2.20. The van der Waals surface area contributed by atoms with Crippen molar-refractivity contribution in [3.8, 4) is 0 Å². The van der Waals surface area contributed by atoms with E-state index in [4.69, 9.17) is 9.88 Å². The summed E-state index contributed by atoms with van der Waals surface area (Å²) in [6, 6.07) is 4.46. The molecule has 2 aromatic rings. The van der Waals surface area contributed by atoms with E-state index in [0.29, 0.717) is 18.7 Å². The second kappa shape index (κ2) is 5.90. The first-order chi connectivity index (χ1) is 9.45. The van der Waals surface area contributed by atoms with Crippen LogP contribution in [0, 0.1) is 5.82 Å². The van der Waals surface area contributed by atoms with Gasteiger partial charge in [-0.1, -0.05) is 6.07 Å². The van der Waals surface area contributed by atoms with Crippen molar-refractivity contribution in [3.05, 3.63) is 30.2 Å². The van der Waals surface area contributed by atoms with Crippen LogP contribution >= 0.6 is 0 Å². The predicted molar refractivity (Wildman–Crippen MR) is 74.4 cm³/mol. The molecule has 2 rings (SSSR count). The average Bonchev–Trinajstić information content (AvgIpc) is 2.75. The van der Waals surface area contributed by atoms with Crippen LogP contribution in [-0.2, 0) is 21.3 Å². The highest BCUT2D eigenvalue weighted by molar-refractivity contribution is 7.89. The average molecular weight is 300 g/mol. The van der Waals surface area contributed by atoms with E-state index in [9.17, 15) is 12.8 Å². The number of methoxy groups -OCH3 is 1. The summed E-state index contributed by atoms with van der Waals surface area (Å²) in [6.07, 6.45) is 3.05. The van der Waals surface area contributed by atoms with E-state index < -0.39 is 15.8 Å². The number of unbranched alkanes of at least 4 members (excludes halogenated alkanes) is 1. The van der Waals surface area contributed by atoms with Crippen LogP contribution < -0.4 is 5.14 Å². The molecule has 7 heteroatoms. The monoisotopic (exact) mass is 300 g/mol. The molecule has 0 aliphatic rings. The minimum Gasteiger partial charge on any atom is -0.385 e. The molecule has 1 heterocycles. The van der Waals surface area contributed by atoms with Gasteiger partial charge >= 0.3 is 0 Å². The quantitative estimate of drug-likeness (QED) is 0.827. The standard InChI is InChI=1S/C13H17FN2O3S/c1-19-8-3-2-7-16-9-12(20(15,17)18)13-10(14)5-4-6-11(13)16/h4-6,9H,2-3,7-8H2,1H3,(H2,15,17,18). The first kappa shape index (κ1) is 15.0. The molecule has 0 atom stereocenters. The van der Waals surface area contributed by atoms with Gasteiger partial charge in [0.05, 0.1) is 10.9 Å². The summed E-state index contributed by atoms with van der Waals surface area (Å²) < 4.78 is 43.7. The van der Waals surface area contributed by atoms with Crippen LogP contribution in [-0.4, -0.2) is 26.7 Å². The Kier molecular flexibility index (Phi) is 4.42. The number of halogens is 1. The van der Waals surface area contributed by atoms with Crippen LogP contribution in [0.25, 0.3) is 10.9 Å². The maximum atomic E-state index is 13.9. The van der Waals surface area contributed by atoms with E-state index in [1.165, 1.54) is 12.3 Å². The van der Waals surface area contributed by atoms with Crippen molar-refractivity contribution < 1.29 is 17.5 Å². The third kappa shape index (κ3) is 3.00. The summed E-state index contributed by atoms with van der Waals surface area (Å²) in [5.74, 6) is -0.581. The second-order valence-electron chi connectivity index (χ2n) is 4.57. The molecule has 0 fully saturated rings. The SMILES string of the molecule is COCCCCn1cc(S(N)(=O)=O)c2c(F)cccc21. The summed E-state index contributed by atoms with van der Waals surface area (Å²) in [4.78, 5) is -0.169. The Morgan fingerprint density at radius 3 is 2.75 bits per heavy atom. The van der Waals surface area contributed by atoms with Crippen molar-refractivity contribution >= 4 is 20.9 Å². The number of nitrogens with zero attached hydrogens (tertiary/aromatic N) is 1. The summed E-state index contributed by atoms with van der Waals surface area (Å²) in [5, 5.41) is 5.21. The van der Waals surface area contributed by atoms with E-state index in [1.807, 2.05) is 0 Å². The van der Waals surface area contributed by atoms with Gasteiger partial charge in [-0.25, -0.2) is 17.9 Å². The lowest BCUT2D eigenvalue weighted by atomic mass is 10.2. The molecule has 110 valence electrons. The second-order valence-corrected chi connectivity index (χ2v) is 6.10. The molecule has 0 bridgehead atoms. The third-order valence-corrected chi connectivity index (χ3v) is 4.05. The van der Waals surface area contributed by atoms with Gasteiger partial charge in [0.1, 0.15) is 10.7 Å². The fourth-order valence-corrected chi connectivity index (χ4v) is 2.96. The number of hydrogen-bond donors (Lipinski definition) is 1. The van der Waals surface area contributed by atoms with E-state index >= 15 is 0 Å². The number of ether oxygens (including phenoxy) is 1. The van der Waals surface area contributed by atoms with Crippen LogP contribution in [0.15, 0.2) is 29.3 Å². The third-order valence-electron chi connectivity index (χ3n) is 3.12. The summed E-state index contributed by atoms with van der Waals surface area (Å²) in [6.45, 7) is 1.22. The molecular weight excluding hydrogens is 283 g/mol. The number of primary sulfonamides is 1. The van der Waals surface area contributed by atoms with Gasteiger partial charge in [0, 0.05) is 26.5 Å². The van der Waals surface area contributed by atoms with Crippen molar-refractivity contribution in [2.24, 2.45) is 5.14 Å². The molecular formula is C13H17FN2O3S. The molecule has 1 aromatic heterocycles.